The summed E-state index contributed by atoms with van der Waals surface area (Å²) in [6, 6.07) is 17.2. The van der Waals surface area contributed by atoms with Gasteiger partial charge in [-0.05, 0) is 29.8 Å². The van der Waals surface area contributed by atoms with Crippen molar-refractivity contribution in [3.05, 3.63) is 72.1 Å². The number of benzene rings is 2. The molecule has 0 saturated heterocycles. The van der Waals surface area contributed by atoms with Crippen LogP contribution in [0.15, 0.2) is 66.1 Å². The van der Waals surface area contributed by atoms with E-state index in [1.807, 2.05) is 54.6 Å². The normalized spacial score (nSPS) is 10.5. The Morgan fingerprint density at radius 1 is 1.15 bits per heavy atom. The van der Waals surface area contributed by atoms with Crippen molar-refractivity contribution in [2.24, 2.45) is 0 Å². The Bertz CT molecular complexity index is 807. The van der Waals surface area contributed by atoms with Gasteiger partial charge in [-0.2, -0.15) is 5.10 Å². The molecule has 134 valence electrons. The molecule has 1 heterocycles. The van der Waals surface area contributed by atoms with Crippen LogP contribution in [0.1, 0.15) is 15.9 Å². The number of carbonyl (C=O) groups excluding carboxylic acids is 1. The minimum Gasteiger partial charge on any atom is -0.492 e. The quantitative estimate of drug-likeness (QED) is 0.618. The number of H-pyrrole nitrogens is 1. The van der Waals surface area contributed by atoms with E-state index >= 15 is 0 Å². The highest BCUT2D eigenvalue weighted by molar-refractivity contribution is 7.98. The summed E-state index contributed by atoms with van der Waals surface area (Å²) in [7, 11) is 1.78. The molecule has 7 heteroatoms. The van der Waals surface area contributed by atoms with Crippen LogP contribution in [0.5, 0.6) is 5.75 Å². The van der Waals surface area contributed by atoms with Crippen LogP contribution in [-0.2, 0) is 5.75 Å². The highest BCUT2D eigenvalue weighted by Gasteiger charge is 2.11. The number of amides is 1. The molecule has 1 amide bonds. The molecule has 0 bridgehead atoms. The number of rotatable bonds is 8. The van der Waals surface area contributed by atoms with Crippen molar-refractivity contribution in [1.82, 2.24) is 20.1 Å². The van der Waals surface area contributed by atoms with Crippen molar-refractivity contribution >= 4 is 17.7 Å². The van der Waals surface area contributed by atoms with E-state index in [9.17, 15) is 4.79 Å². The molecule has 0 atom stereocenters. The van der Waals surface area contributed by atoms with E-state index in [1.165, 1.54) is 6.33 Å². The Morgan fingerprint density at radius 2 is 1.92 bits per heavy atom. The summed E-state index contributed by atoms with van der Waals surface area (Å²) in [6.45, 7) is 0.981. The van der Waals surface area contributed by atoms with E-state index in [-0.39, 0.29) is 5.91 Å². The van der Waals surface area contributed by atoms with E-state index in [2.05, 4.69) is 15.2 Å². The van der Waals surface area contributed by atoms with E-state index in [0.29, 0.717) is 18.7 Å². The zero-order valence-electron chi connectivity index (χ0n) is 14.5. The number of hydrogen-bond donors (Lipinski definition) is 1. The first-order chi connectivity index (χ1) is 12.7. The zero-order valence-corrected chi connectivity index (χ0v) is 15.3. The van der Waals surface area contributed by atoms with E-state index in [0.717, 1.165) is 22.2 Å². The van der Waals surface area contributed by atoms with Crippen LogP contribution in [0.3, 0.4) is 0 Å². The lowest BCUT2D eigenvalue weighted by molar-refractivity contribution is 0.0774. The van der Waals surface area contributed by atoms with Crippen LogP contribution in [0.2, 0.25) is 0 Å². The fourth-order valence-corrected chi connectivity index (χ4v) is 3.03. The minimum absolute atomic E-state index is 0.0175. The third-order valence-electron chi connectivity index (χ3n) is 3.75. The van der Waals surface area contributed by atoms with Gasteiger partial charge in [0.1, 0.15) is 18.7 Å². The number of nitrogens with one attached hydrogen (secondary N) is 1. The van der Waals surface area contributed by atoms with Crippen LogP contribution in [0, 0.1) is 0 Å². The standard InChI is InChI=1S/C19H20N4O2S/c1-23(11-12-25-17-5-3-2-4-6-17)18(24)16-9-7-15(8-10-16)13-26-19-20-14-21-22-19/h2-10,14H,11-13H2,1H3,(H,20,21,22). The van der Waals surface area contributed by atoms with Crippen LogP contribution in [-0.4, -0.2) is 46.2 Å². The van der Waals surface area contributed by atoms with E-state index < -0.39 is 0 Å². The Balaban J connectivity index is 1.47. The number of ether oxygens (including phenoxy) is 1. The molecule has 0 saturated carbocycles. The number of nitrogens with zero attached hydrogens (tertiary/aromatic N) is 3. The molecule has 1 aromatic heterocycles. The number of aromatic amines is 1. The zero-order chi connectivity index (χ0) is 18.2. The van der Waals surface area contributed by atoms with Gasteiger partial charge in [-0.25, -0.2) is 4.98 Å². The topological polar surface area (TPSA) is 71.1 Å². The Morgan fingerprint density at radius 3 is 2.62 bits per heavy atom. The maximum Gasteiger partial charge on any atom is 0.253 e. The second-order valence-corrected chi connectivity index (χ2v) is 6.63. The summed E-state index contributed by atoms with van der Waals surface area (Å²) in [4.78, 5) is 18.2. The van der Waals surface area contributed by atoms with Gasteiger partial charge < -0.3 is 9.64 Å². The fraction of sp³-hybridized carbons (Fsp3) is 0.211. The van der Waals surface area contributed by atoms with Gasteiger partial charge in [0.25, 0.3) is 5.91 Å². The molecule has 26 heavy (non-hydrogen) atoms. The molecule has 0 aliphatic rings. The SMILES string of the molecule is CN(CCOc1ccccc1)C(=O)c1ccc(CSc2ncn[nH]2)cc1. The minimum atomic E-state index is -0.0175. The number of aromatic nitrogens is 3. The lowest BCUT2D eigenvalue weighted by atomic mass is 10.1. The highest BCUT2D eigenvalue weighted by atomic mass is 32.2. The average Bonchev–Trinajstić information content (AvgIpc) is 3.20. The molecule has 2 aromatic carbocycles. The summed E-state index contributed by atoms with van der Waals surface area (Å²) in [5.41, 5.74) is 1.79. The maximum absolute atomic E-state index is 12.5. The first kappa shape index (κ1) is 18.0. The summed E-state index contributed by atoms with van der Waals surface area (Å²) in [5.74, 6) is 1.56. The Kier molecular flexibility index (Phi) is 6.27. The van der Waals surface area contributed by atoms with Crippen LogP contribution >= 0.6 is 11.8 Å². The summed E-state index contributed by atoms with van der Waals surface area (Å²) in [5, 5.41) is 7.41. The second kappa shape index (κ2) is 9.05. The van der Waals surface area contributed by atoms with Crippen molar-refractivity contribution in [2.45, 2.75) is 10.9 Å². The number of likely N-dealkylation sites (N-methyl/N-ethyl adjacent to an activating group) is 1. The van der Waals surface area contributed by atoms with Gasteiger partial charge in [0.15, 0.2) is 5.16 Å². The molecule has 0 fully saturated rings. The molecule has 1 N–H and O–H groups in total. The molecule has 0 spiro atoms. The molecule has 0 aliphatic carbocycles. The van der Waals surface area contributed by atoms with Gasteiger partial charge in [-0.15, -0.1) is 0 Å². The molecule has 0 aliphatic heterocycles. The molecule has 0 unspecified atom stereocenters. The van der Waals surface area contributed by atoms with Gasteiger partial charge >= 0.3 is 0 Å². The first-order valence-corrected chi connectivity index (χ1v) is 9.21. The number of para-hydroxylation sites is 1. The van der Waals surface area contributed by atoms with Crippen LogP contribution < -0.4 is 4.74 Å². The van der Waals surface area contributed by atoms with E-state index in [1.54, 1.807) is 23.7 Å². The predicted octanol–water partition coefficient (Wildman–Crippen LogP) is 3.25. The molecule has 3 aromatic rings. The average molecular weight is 368 g/mol. The lowest BCUT2D eigenvalue weighted by Crippen LogP contribution is -2.30. The van der Waals surface area contributed by atoms with Crippen molar-refractivity contribution < 1.29 is 9.53 Å². The highest BCUT2D eigenvalue weighted by Crippen LogP contribution is 2.18. The predicted molar refractivity (Wildman–Crippen MR) is 101 cm³/mol. The smallest absolute Gasteiger partial charge is 0.253 e. The number of carbonyl (C=O) groups is 1. The summed E-state index contributed by atoms with van der Waals surface area (Å²) >= 11 is 1.57. The van der Waals surface area contributed by atoms with Gasteiger partial charge in [0, 0.05) is 18.4 Å². The van der Waals surface area contributed by atoms with Gasteiger partial charge in [0.2, 0.25) is 0 Å². The number of hydrogen-bond acceptors (Lipinski definition) is 5. The monoisotopic (exact) mass is 368 g/mol. The van der Waals surface area contributed by atoms with Gasteiger partial charge in [-0.3, -0.25) is 9.89 Å². The third-order valence-corrected chi connectivity index (χ3v) is 4.70. The van der Waals surface area contributed by atoms with Crippen molar-refractivity contribution in [3.8, 4) is 5.75 Å². The third kappa shape index (κ3) is 5.10. The molecular weight excluding hydrogens is 348 g/mol. The lowest BCUT2D eigenvalue weighted by Gasteiger charge is -2.17. The summed E-state index contributed by atoms with van der Waals surface area (Å²) in [6.07, 6.45) is 1.49. The largest absolute Gasteiger partial charge is 0.492 e. The van der Waals surface area contributed by atoms with Gasteiger partial charge in [-0.1, -0.05) is 42.1 Å². The van der Waals surface area contributed by atoms with Gasteiger partial charge in [0.05, 0.1) is 6.54 Å². The summed E-state index contributed by atoms with van der Waals surface area (Å²) < 4.78 is 5.64. The fourth-order valence-electron chi connectivity index (χ4n) is 2.30. The van der Waals surface area contributed by atoms with E-state index in [4.69, 9.17) is 4.74 Å². The molecule has 6 nitrogen and oxygen atoms in total. The second-order valence-electron chi connectivity index (χ2n) is 5.66. The first-order valence-electron chi connectivity index (χ1n) is 8.23. The molecular formula is C19H20N4O2S. The molecule has 3 rings (SSSR count). The Labute approximate surface area is 156 Å². The van der Waals surface area contributed by atoms with Crippen molar-refractivity contribution in [2.75, 3.05) is 20.2 Å². The van der Waals surface area contributed by atoms with Crippen LogP contribution in [0.4, 0.5) is 0 Å². The molecule has 0 radical (unpaired) electrons. The van der Waals surface area contributed by atoms with Crippen LogP contribution in [0.25, 0.3) is 0 Å². The maximum atomic E-state index is 12.5. The Hall–Kier alpha value is -2.80. The van der Waals surface area contributed by atoms with Crippen molar-refractivity contribution in [1.29, 1.82) is 0 Å². The number of thioether (sulfide) groups is 1. The van der Waals surface area contributed by atoms with Crippen molar-refractivity contribution in [3.63, 3.8) is 0 Å².